The quantitative estimate of drug-likeness (QED) is 0.855. The molecule has 0 aliphatic carbocycles. The molecule has 1 aromatic rings. The van der Waals surface area contributed by atoms with E-state index in [0.29, 0.717) is 6.04 Å². The van der Waals surface area contributed by atoms with Gasteiger partial charge < -0.3 is 5.32 Å². The lowest BCUT2D eigenvalue weighted by atomic mass is 10.0. The van der Waals surface area contributed by atoms with Crippen LogP contribution in [0, 0.1) is 0 Å². The molecule has 15 heavy (non-hydrogen) atoms. The first-order valence-electron chi connectivity index (χ1n) is 5.54. The van der Waals surface area contributed by atoms with Crippen molar-refractivity contribution in [2.45, 2.75) is 38.8 Å². The van der Waals surface area contributed by atoms with E-state index in [1.165, 1.54) is 25.8 Å². The summed E-state index contributed by atoms with van der Waals surface area (Å²) in [6.45, 7) is 4.47. The van der Waals surface area contributed by atoms with Crippen molar-refractivity contribution in [3.63, 3.8) is 0 Å². The smallest absolute Gasteiger partial charge is 0.205 e. The van der Waals surface area contributed by atoms with Crippen LogP contribution in [0.1, 0.15) is 31.2 Å². The van der Waals surface area contributed by atoms with E-state index >= 15 is 0 Å². The van der Waals surface area contributed by atoms with Crippen molar-refractivity contribution in [2.75, 3.05) is 18.9 Å². The molecular weight excluding hydrogens is 208 g/mol. The largest absolute Gasteiger partial charge is 0.363 e. The highest BCUT2D eigenvalue weighted by molar-refractivity contribution is 7.15. The highest BCUT2D eigenvalue weighted by atomic mass is 32.1. The first kappa shape index (κ1) is 10.8. The van der Waals surface area contributed by atoms with Crippen molar-refractivity contribution in [1.82, 2.24) is 15.1 Å². The number of nitrogens with zero attached hydrogens (tertiary/aromatic N) is 3. The summed E-state index contributed by atoms with van der Waals surface area (Å²) >= 11 is 1.65. The molecule has 0 spiro atoms. The minimum atomic E-state index is 0.695. The molecule has 5 heteroatoms. The van der Waals surface area contributed by atoms with Crippen LogP contribution in [-0.4, -0.2) is 34.7 Å². The van der Waals surface area contributed by atoms with Gasteiger partial charge in [-0.25, -0.2) is 0 Å². The average Bonchev–Trinajstić information content (AvgIpc) is 2.69. The van der Waals surface area contributed by atoms with Crippen molar-refractivity contribution in [3.8, 4) is 0 Å². The summed E-state index contributed by atoms with van der Waals surface area (Å²) in [5.74, 6) is 0. The molecule has 1 aliphatic rings. The fourth-order valence-electron chi connectivity index (χ4n) is 1.98. The normalized spacial score (nSPS) is 22.9. The number of hydrogen-bond acceptors (Lipinski definition) is 5. The zero-order valence-electron chi connectivity index (χ0n) is 9.36. The van der Waals surface area contributed by atoms with E-state index in [4.69, 9.17) is 0 Å². The van der Waals surface area contributed by atoms with Gasteiger partial charge in [0.2, 0.25) is 5.13 Å². The predicted octanol–water partition coefficient (Wildman–Crippen LogP) is 1.95. The van der Waals surface area contributed by atoms with E-state index in [-0.39, 0.29) is 0 Å². The summed E-state index contributed by atoms with van der Waals surface area (Å²) in [4.78, 5) is 2.50. The molecule has 2 heterocycles. The van der Waals surface area contributed by atoms with Gasteiger partial charge in [0.25, 0.3) is 0 Å². The molecule has 0 radical (unpaired) electrons. The Morgan fingerprint density at radius 3 is 3.00 bits per heavy atom. The van der Waals surface area contributed by atoms with Crippen molar-refractivity contribution < 1.29 is 0 Å². The van der Waals surface area contributed by atoms with Crippen LogP contribution in [0.3, 0.4) is 0 Å². The van der Waals surface area contributed by atoms with Crippen molar-refractivity contribution in [1.29, 1.82) is 0 Å². The van der Waals surface area contributed by atoms with Gasteiger partial charge in [-0.2, -0.15) is 0 Å². The third-order valence-electron chi connectivity index (χ3n) is 2.96. The number of piperidine rings is 1. The minimum Gasteiger partial charge on any atom is -0.363 e. The maximum Gasteiger partial charge on any atom is 0.205 e. The summed E-state index contributed by atoms with van der Waals surface area (Å²) in [5.41, 5.74) is 0. The number of aromatic nitrogens is 2. The van der Waals surface area contributed by atoms with E-state index in [1.807, 2.05) is 7.05 Å². The van der Waals surface area contributed by atoms with Gasteiger partial charge in [-0.1, -0.05) is 17.8 Å². The SMILES string of the molecule is CNc1nnc(CN2CCCCC2C)s1. The van der Waals surface area contributed by atoms with E-state index in [1.54, 1.807) is 11.3 Å². The summed E-state index contributed by atoms with van der Waals surface area (Å²) in [5, 5.41) is 13.3. The molecule has 0 bridgehead atoms. The van der Waals surface area contributed by atoms with Gasteiger partial charge in [-0.3, -0.25) is 4.90 Å². The minimum absolute atomic E-state index is 0.695. The van der Waals surface area contributed by atoms with Crippen LogP contribution in [0.4, 0.5) is 5.13 Å². The van der Waals surface area contributed by atoms with Crippen LogP contribution in [0.5, 0.6) is 0 Å². The maximum absolute atomic E-state index is 4.18. The Bertz CT molecular complexity index is 312. The zero-order valence-corrected chi connectivity index (χ0v) is 10.2. The molecule has 1 unspecified atom stereocenters. The molecule has 0 amide bonds. The average molecular weight is 226 g/mol. The molecule has 2 rings (SSSR count). The Hall–Kier alpha value is -0.680. The lowest BCUT2D eigenvalue weighted by Crippen LogP contribution is -2.36. The van der Waals surface area contributed by atoms with Crippen LogP contribution in [0.25, 0.3) is 0 Å². The maximum atomic E-state index is 4.18. The Labute approximate surface area is 94.7 Å². The first-order chi connectivity index (χ1) is 7.29. The Kier molecular flexibility index (Phi) is 3.53. The van der Waals surface area contributed by atoms with Gasteiger partial charge in [0, 0.05) is 13.1 Å². The van der Waals surface area contributed by atoms with E-state index in [9.17, 15) is 0 Å². The fourth-order valence-corrected chi connectivity index (χ4v) is 2.70. The topological polar surface area (TPSA) is 41.1 Å². The Morgan fingerprint density at radius 2 is 2.33 bits per heavy atom. The predicted molar refractivity (Wildman–Crippen MR) is 63.2 cm³/mol. The number of anilines is 1. The molecule has 4 nitrogen and oxygen atoms in total. The summed E-state index contributed by atoms with van der Waals surface area (Å²) in [7, 11) is 1.88. The number of likely N-dealkylation sites (tertiary alicyclic amines) is 1. The third-order valence-corrected chi connectivity index (χ3v) is 3.89. The number of hydrogen-bond donors (Lipinski definition) is 1. The lowest BCUT2D eigenvalue weighted by molar-refractivity contribution is 0.152. The molecule has 1 aliphatic heterocycles. The lowest BCUT2D eigenvalue weighted by Gasteiger charge is -2.32. The molecule has 84 valence electrons. The van der Waals surface area contributed by atoms with Gasteiger partial charge in [-0.05, 0) is 26.3 Å². The van der Waals surface area contributed by atoms with Crippen LogP contribution in [0.15, 0.2) is 0 Å². The van der Waals surface area contributed by atoms with Crippen LogP contribution < -0.4 is 5.32 Å². The second kappa shape index (κ2) is 4.90. The fraction of sp³-hybridized carbons (Fsp3) is 0.800. The van der Waals surface area contributed by atoms with Gasteiger partial charge in [0.05, 0.1) is 6.54 Å². The van der Waals surface area contributed by atoms with Gasteiger partial charge in [-0.15, -0.1) is 10.2 Å². The van der Waals surface area contributed by atoms with Gasteiger partial charge in [0.15, 0.2) is 0 Å². The van der Waals surface area contributed by atoms with E-state index < -0.39 is 0 Å². The molecule has 1 N–H and O–H groups in total. The molecule has 0 saturated carbocycles. The summed E-state index contributed by atoms with van der Waals surface area (Å²) in [6.07, 6.45) is 4.01. The zero-order chi connectivity index (χ0) is 10.7. The second-order valence-corrected chi connectivity index (χ2v) is 5.13. The first-order valence-corrected chi connectivity index (χ1v) is 6.35. The second-order valence-electron chi connectivity index (χ2n) is 4.07. The van der Waals surface area contributed by atoms with Crippen molar-refractivity contribution in [3.05, 3.63) is 5.01 Å². The molecule has 1 aromatic heterocycles. The molecule has 0 aromatic carbocycles. The number of nitrogens with one attached hydrogen (secondary N) is 1. The van der Waals surface area contributed by atoms with Gasteiger partial charge in [0.1, 0.15) is 5.01 Å². The van der Waals surface area contributed by atoms with Gasteiger partial charge >= 0.3 is 0 Å². The summed E-state index contributed by atoms with van der Waals surface area (Å²) < 4.78 is 0. The van der Waals surface area contributed by atoms with E-state index in [0.717, 1.165) is 16.7 Å². The van der Waals surface area contributed by atoms with Crippen LogP contribution in [0.2, 0.25) is 0 Å². The van der Waals surface area contributed by atoms with Crippen molar-refractivity contribution in [2.24, 2.45) is 0 Å². The standard InChI is InChI=1S/C10H18N4S/c1-8-5-3-4-6-14(8)7-9-12-13-10(11-2)15-9/h8H,3-7H2,1-2H3,(H,11,13). The molecule has 1 fully saturated rings. The van der Waals surface area contributed by atoms with Crippen LogP contribution in [-0.2, 0) is 6.54 Å². The molecule has 1 atom stereocenters. The monoisotopic (exact) mass is 226 g/mol. The Balaban J connectivity index is 1.95. The van der Waals surface area contributed by atoms with Crippen molar-refractivity contribution >= 4 is 16.5 Å². The number of rotatable bonds is 3. The Morgan fingerprint density at radius 1 is 1.47 bits per heavy atom. The molecular formula is C10H18N4S. The third kappa shape index (κ3) is 2.66. The molecule has 1 saturated heterocycles. The highest BCUT2D eigenvalue weighted by Crippen LogP contribution is 2.21. The summed E-state index contributed by atoms with van der Waals surface area (Å²) in [6, 6.07) is 0.695. The highest BCUT2D eigenvalue weighted by Gasteiger charge is 2.19. The van der Waals surface area contributed by atoms with Crippen LogP contribution >= 0.6 is 11.3 Å². The van der Waals surface area contributed by atoms with E-state index in [2.05, 4.69) is 27.3 Å².